The van der Waals surface area contributed by atoms with Gasteiger partial charge in [0.05, 0.1) is 5.69 Å². The molecule has 0 spiro atoms. The number of anilines is 1. The first kappa shape index (κ1) is 16.6. The number of halogens is 1. The first-order valence-corrected chi connectivity index (χ1v) is 8.86. The third kappa shape index (κ3) is 3.48. The van der Waals surface area contributed by atoms with Crippen molar-refractivity contribution in [2.45, 2.75) is 31.1 Å². The largest absolute Gasteiger partial charge is 0.347 e. The van der Waals surface area contributed by atoms with Crippen LogP contribution in [0.15, 0.2) is 41.8 Å². The summed E-state index contributed by atoms with van der Waals surface area (Å²) >= 11 is 1.68. The van der Waals surface area contributed by atoms with Gasteiger partial charge in [0.25, 0.3) is 0 Å². The second-order valence-corrected chi connectivity index (χ2v) is 7.03. The number of carbonyl (C=O) groups excluding carboxylic acids is 2. The van der Waals surface area contributed by atoms with Gasteiger partial charge in [-0.3, -0.25) is 9.59 Å². The Bertz CT molecular complexity index is 724. The molecule has 2 amide bonds. The molecule has 24 heavy (non-hydrogen) atoms. The van der Waals surface area contributed by atoms with Crippen molar-refractivity contribution in [3.8, 4) is 0 Å². The summed E-state index contributed by atoms with van der Waals surface area (Å²) < 4.78 is 13.5. The van der Waals surface area contributed by atoms with Crippen molar-refractivity contribution in [1.82, 2.24) is 5.32 Å². The number of nitrogens with one attached hydrogen (secondary N) is 2. The zero-order chi connectivity index (χ0) is 17.0. The van der Waals surface area contributed by atoms with Crippen LogP contribution in [0, 0.1) is 5.82 Å². The number of thiophene rings is 1. The first-order chi connectivity index (χ1) is 11.6. The molecule has 1 aliphatic carbocycles. The molecule has 1 aromatic carbocycles. The van der Waals surface area contributed by atoms with Crippen LogP contribution in [0.5, 0.6) is 0 Å². The van der Waals surface area contributed by atoms with Crippen molar-refractivity contribution < 1.29 is 14.0 Å². The van der Waals surface area contributed by atoms with Crippen molar-refractivity contribution in [3.05, 3.63) is 52.5 Å². The van der Waals surface area contributed by atoms with Crippen LogP contribution >= 0.6 is 11.3 Å². The number of rotatable bonds is 4. The number of benzene rings is 1. The number of para-hydroxylation sites is 1. The van der Waals surface area contributed by atoms with Crippen molar-refractivity contribution in [1.29, 1.82) is 0 Å². The summed E-state index contributed by atoms with van der Waals surface area (Å²) in [5.41, 5.74) is -0.0752. The Morgan fingerprint density at radius 2 is 1.83 bits per heavy atom. The normalized spacial score (nSPS) is 15.9. The van der Waals surface area contributed by atoms with E-state index in [4.69, 9.17) is 0 Å². The summed E-state index contributed by atoms with van der Waals surface area (Å²) in [4.78, 5) is 25.3. The van der Waals surface area contributed by atoms with Gasteiger partial charge in [-0.15, -0.1) is 11.3 Å². The predicted octanol–water partition coefficient (Wildman–Crippen LogP) is 3.45. The molecule has 2 aromatic rings. The lowest BCUT2D eigenvalue weighted by Gasteiger charge is -2.28. The molecule has 6 heteroatoms. The van der Waals surface area contributed by atoms with Crippen LogP contribution in [0.1, 0.15) is 30.6 Å². The maximum absolute atomic E-state index is 13.5. The topological polar surface area (TPSA) is 58.2 Å². The van der Waals surface area contributed by atoms with Gasteiger partial charge in [0, 0.05) is 16.8 Å². The molecule has 0 aliphatic heterocycles. The average Bonchev–Trinajstić information content (AvgIpc) is 3.26. The molecule has 1 heterocycles. The van der Waals surface area contributed by atoms with Crippen LogP contribution in [-0.4, -0.2) is 18.4 Å². The third-order valence-corrected chi connectivity index (χ3v) is 5.64. The van der Waals surface area contributed by atoms with Crippen LogP contribution < -0.4 is 10.6 Å². The zero-order valence-electron chi connectivity index (χ0n) is 13.2. The second kappa shape index (κ2) is 7.13. The van der Waals surface area contributed by atoms with Crippen LogP contribution in [0.2, 0.25) is 0 Å². The minimum atomic E-state index is -0.848. The van der Waals surface area contributed by atoms with E-state index in [0.717, 1.165) is 25.7 Å². The molecular weight excluding hydrogens is 327 g/mol. The van der Waals surface area contributed by atoms with E-state index in [1.54, 1.807) is 17.4 Å². The Hall–Kier alpha value is -2.21. The highest BCUT2D eigenvalue weighted by atomic mass is 32.1. The fourth-order valence-corrected chi connectivity index (χ4v) is 4.20. The Morgan fingerprint density at radius 1 is 1.08 bits per heavy atom. The molecule has 0 atom stereocenters. The third-order valence-electron chi connectivity index (χ3n) is 4.52. The fourth-order valence-electron chi connectivity index (χ4n) is 3.21. The van der Waals surface area contributed by atoms with E-state index in [1.807, 2.05) is 11.4 Å². The monoisotopic (exact) mass is 346 g/mol. The van der Waals surface area contributed by atoms with E-state index in [9.17, 15) is 14.0 Å². The zero-order valence-corrected chi connectivity index (χ0v) is 14.0. The Morgan fingerprint density at radius 3 is 2.50 bits per heavy atom. The van der Waals surface area contributed by atoms with E-state index in [0.29, 0.717) is 6.54 Å². The van der Waals surface area contributed by atoms with Gasteiger partial charge in [-0.25, -0.2) is 4.39 Å². The molecule has 0 bridgehead atoms. The van der Waals surface area contributed by atoms with Gasteiger partial charge in [0.15, 0.2) is 0 Å². The molecule has 3 rings (SSSR count). The van der Waals surface area contributed by atoms with E-state index in [2.05, 4.69) is 16.7 Å². The maximum atomic E-state index is 13.5. The minimum Gasteiger partial charge on any atom is -0.347 e. The average molecular weight is 346 g/mol. The fraction of sp³-hybridized carbons (Fsp3) is 0.333. The van der Waals surface area contributed by atoms with Gasteiger partial charge in [-0.2, -0.15) is 0 Å². The van der Waals surface area contributed by atoms with E-state index in [1.165, 1.54) is 23.1 Å². The van der Waals surface area contributed by atoms with Gasteiger partial charge >= 0.3 is 11.8 Å². The Labute approximate surface area is 144 Å². The van der Waals surface area contributed by atoms with Crippen molar-refractivity contribution >= 4 is 28.8 Å². The van der Waals surface area contributed by atoms with E-state index < -0.39 is 17.6 Å². The van der Waals surface area contributed by atoms with Gasteiger partial charge in [0.1, 0.15) is 5.82 Å². The molecule has 1 aliphatic rings. The molecule has 0 unspecified atom stereocenters. The lowest BCUT2D eigenvalue weighted by molar-refractivity contribution is -0.136. The Kier molecular flexibility index (Phi) is 4.94. The van der Waals surface area contributed by atoms with Gasteiger partial charge in [-0.1, -0.05) is 31.0 Å². The van der Waals surface area contributed by atoms with Crippen LogP contribution in [-0.2, 0) is 15.0 Å². The quantitative estimate of drug-likeness (QED) is 0.833. The van der Waals surface area contributed by atoms with Gasteiger partial charge in [-0.05, 0) is 36.4 Å². The highest BCUT2D eigenvalue weighted by Crippen LogP contribution is 2.42. The predicted molar refractivity (Wildman–Crippen MR) is 92.5 cm³/mol. The summed E-state index contributed by atoms with van der Waals surface area (Å²) in [5, 5.41) is 7.07. The van der Waals surface area contributed by atoms with E-state index >= 15 is 0 Å². The standard InChI is InChI=1S/C18H19FN2O2S/c19-13-6-1-2-7-14(13)21-17(23)16(22)20-12-18(9-3-4-10-18)15-8-5-11-24-15/h1-2,5-8,11H,3-4,9-10,12H2,(H,20,22)(H,21,23). The van der Waals surface area contributed by atoms with Crippen LogP contribution in [0.3, 0.4) is 0 Å². The second-order valence-electron chi connectivity index (χ2n) is 6.08. The summed E-state index contributed by atoms with van der Waals surface area (Å²) in [6.45, 7) is 0.428. The maximum Gasteiger partial charge on any atom is 0.313 e. The molecule has 1 aromatic heterocycles. The molecule has 2 N–H and O–H groups in total. The smallest absolute Gasteiger partial charge is 0.313 e. The first-order valence-electron chi connectivity index (χ1n) is 7.98. The number of amides is 2. The molecule has 126 valence electrons. The van der Waals surface area contributed by atoms with Gasteiger partial charge in [0.2, 0.25) is 0 Å². The van der Waals surface area contributed by atoms with Gasteiger partial charge < -0.3 is 10.6 Å². The van der Waals surface area contributed by atoms with Crippen molar-refractivity contribution in [2.24, 2.45) is 0 Å². The number of carbonyl (C=O) groups is 2. The van der Waals surface area contributed by atoms with Crippen molar-refractivity contribution in [2.75, 3.05) is 11.9 Å². The molecule has 1 saturated carbocycles. The molecule has 4 nitrogen and oxygen atoms in total. The number of hydrogen-bond donors (Lipinski definition) is 2. The molecule has 0 radical (unpaired) electrons. The summed E-state index contributed by atoms with van der Waals surface area (Å²) in [7, 11) is 0. The SMILES string of the molecule is O=C(NCC1(c2cccs2)CCCC1)C(=O)Nc1ccccc1F. The highest BCUT2D eigenvalue weighted by molar-refractivity contribution is 7.10. The van der Waals surface area contributed by atoms with Crippen LogP contribution in [0.25, 0.3) is 0 Å². The summed E-state index contributed by atoms with van der Waals surface area (Å²) in [5.74, 6) is -2.15. The summed E-state index contributed by atoms with van der Waals surface area (Å²) in [6, 6.07) is 9.87. The molecule has 1 fully saturated rings. The van der Waals surface area contributed by atoms with Crippen LogP contribution in [0.4, 0.5) is 10.1 Å². The van der Waals surface area contributed by atoms with E-state index in [-0.39, 0.29) is 11.1 Å². The molecular formula is C18H19FN2O2S. The highest BCUT2D eigenvalue weighted by Gasteiger charge is 2.37. The lowest BCUT2D eigenvalue weighted by atomic mass is 9.84. The van der Waals surface area contributed by atoms with Crippen molar-refractivity contribution in [3.63, 3.8) is 0 Å². The Balaban J connectivity index is 1.62. The minimum absolute atomic E-state index is 0.00601. The molecule has 0 saturated heterocycles. The lowest BCUT2D eigenvalue weighted by Crippen LogP contribution is -2.43. The number of hydrogen-bond acceptors (Lipinski definition) is 3. The summed E-state index contributed by atoms with van der Waals surface area (Å²) in [6.07, 6.45) is 4.25.